The van der Waals surface area contributed by atoms with Crippen molar-refractivity contribution < 1.29 is 19.4 Å². The standard InChI is InChI=1S/C11H18O4/c1-3-5-7-11(8-6-4-2)9(12)14-15-10(11)13/h3-8H2,1-2H3. The highest BCUT2D eigenvalue weighted by Gasteiger charge is 2.54. The van der Waals surface area contributed by atoms with Crippen LogP contribution in [0, 0.1) is 5.41 Å². The quantitative estimate of drug-likeness (QED) is 0.503. The van der Waals surface area contributed by atoms with Gasteiger partial charge in [0.15, 0.2) is 5.41 Å². The summed E-state index contributed by atoms with van der Waals surface area (Å²) in [4.78, 5) is 31.9. The van der Waals surface area contributed by atoms with Gasteiger partial charge in [-0.15, -0.1) is 0 Å². The molecule has 0 amide bonds. The lowest BCUT2D eigenvalue weighted by Gasteiger charge is -2.18. The summed E-state index contributed by atoms with van der Waals surface area (Å²) < 4.78 is 0. The molecule has 0 aliphatic carbocycles. The Morgan fingerprint density at radius 3 is 1.67 bits per heavy atom. The average molecular weight is 214 g/mol. The molecule has 0 saturated carbocycles. The molecule has 0 aromatic rings. The Kier molecular flexibility index (Phi) is 4.12. The van der Waals surface area contributed by atoms with Crippen molar-refractivity contribution in [3.05, 3.63) is 0 Å². The molecule has 1 rings (SSSR count). The number of carbonyl (C=O) groups is 2. The van der Waals surface area contributed by atoms with Gasteiger partial charge in [0.05, 0.1) is 0 Å². The number of unbranched alkanes of at least 4 members (excludes halogenated alkanes) is 2. The van der Waals surface area contributed by atoms with E-state index in [1.807, 2.05) is 13.8 Å². The summed E-state index contributed by atoms with van der Waals surface area (Å²) in [5, 5.41) is 0. The zero-order valence-electron chi connectivity index (χ0n) is 9.38. The molecule has 1 aliphatic heterocycles. The van der Waals surface area contributed by atoms with E-state index in [1.54, 1.807) is 0 Å². The minimum Gasteiger partial charge on any atom is -0.246 e. The van der Waals surface area contributed by atoms with Crippen LogP contribution < -0.4 is 0 Å². The second-order valence-electron chi connectivity index (χ2n) is 4.03. The molecule has 0 N–H and O–H groups in total. The third-order valence-electron chi connectivity index (χ3n) is 2.89. The van der Waals surface area contributed by atoms with Gasteiger partial charge in [0.1, 0.15) is 0 Å². The first-order chi connectivity index (χ1) is 7.17. The van der Waals surface area contributed by atoms with E-state index in [9.17, 15) is 9.59 Å². The summed E-state index contributed by atoms with van der Waals surface area (Å²) in [5.41, 5.74) is -1.01. The molecular weight excluding hydrogens is 196 g/mol. The smallest absolute Gasteiger partial charge is 0.246 e. The predicted molar refractivity (Wildman–Crippen MR) is 53.7 cm³/mol. The second-order valence-corrected chi connectivity index (χ2v) is 4.03. The molecule has 1 saturated heterocycles. The zero-order chi connectivity index (χ0) is 11.3. The first-order valence-corrected chi connectivity index (χ1v) is 5.60. The van der Waals surface area contributed by atoms with E-state index in [-0.39, 0.29) is 0 Å². The number of hydrogen-bond acceptors (Lipinski definition) is 4. The van der Waals surface area contributed by atoms with E-state index in [1.165, 1.54) is 0 Å². The van der Waals surface area contributed by atoms with Gasteiger partial charge in [-0.25, -0.2) is 19.4 Å². The third kappa shape index (κ3) is 2.30. The van der Waals surface area contributed by atoms with Crippen LogP contribution in [0.4, 0.5) is 0 Å². The summed E-state index contributed by atoms with van der Waals surface area (Å²) in [7, 11) is 0. The highest BCUT2D eigenvalue weighted by molar-refractivity contribution is 6.02. The molecule has 0 unspecified atom stereocenters. The van der Waals surface area contributed by atoms with Gasteiger partial charge in [0.25, 0.3) is 0 Å². The molecular formula is C11H18O4. The van der Waals surface area contributed by atoms with Crippen molar-refractivity contribution >= 4 is 11.9 Å². The third-order valence-corrected chi connectivity index (χ3v) is 2.89. The molecule has 1 aliphatic rings. The van der Waals surface area contributed by atoms with Gasteiger partial charge < -0.3 is 0 Å². The SMILES string of the molecule is CCCCC1(CCCC)C(=O)OOC1=O. The maximum atomic E-state index is 11.6. The van der Waals surface area contributed by atoms with Crippen LogP contribution >= 0.6 is 0 Å². The predicted octanol–water partition coefficient (Wildman–Crippen LogP) is 2.37. The lowest BCUT2D eigenvalue weighted by molar-refractivity contribution is -0.235. The van der Waals surface area contributed by atoms with Crippen molar-refractivity contribution in [2.24, 2.45) is 5.41 Å². The minimum absolute atomic E-state index is 0.505. The van der Waals surface area contributed by atoms with Crippen molar-refractivity contribution in [2.75, 3.05) is 0 Å². The van der Waals surface area contributed by atoms with Crippen LogP contribution in [-0.2, 0) is 19.4 Å². The normalized spacial score (nSPS) is 18.8. The van der Waals surface area contributed by atoms with Crippen molar-refractivity contribution in [3.63, 3.8) is 0 Å². The fourth-order valence-electron chi connectivity index (χ4n) is 1.81. The molecule has 0 aromatic heterocycles. The van der Waals surface area contributed by atoms with Crippen molar-refractivity contribution in [2.45, 2.75) is 52.4 Å². The van der Waals surface area contributed by atoms with Gasteiger partial charge in [0.2, 0.25) is 0 Å². The van der Waals surface area contributed by atoms with E-state index in [0.29, 0.717) is 12.8 Å². The molecule has 0 atom stereocenters. The number of carbonyl (C=O) groups excluding carboxylic acids is 2. The Bertz CT molecular complexity index is 221. The molecule has 0 spiro atoms. The Morgan fingerprint density at radius 1 is 0.933 bits per heavy atom. The van der Waals surface area contributed by atoms with Gasteiger partial charge >= 0.3 is 11.9 Å². The van der Waals surface area contributed by atoms with Crippen LogP contribution in [0.15, 0.2) is 0 Å². The first kappa shape index (κ1) is 12.0. The number of hydrogen-bond donors (Lipinski definition) is 0. The fraction of sp³-hybridized carbons (Fsp3) is 0.818. The van der Waals surface area contributed by atoms with Crippen molar-refractivity contribution in [3.8, 4) is 0 Å². The van der Waals surface area contributed by atoms with E-state index in [0.717, 1.165) is 25.7 Å². The van der Waals surface area contributed by atoms with Gasteiger partial charge in [-0.2, -0.15) is 0 Å². The van der Waals surface area contributed by atoms with Crippen LogP contribution in [0.3, 0.4) is 0 Å². The van der Waals surface area contributed by atoms with Gasteiger partial charge in [-0.3, -0.25) is 0 Å². The minimum atomic E-state index is -1.01. The Balaban J connectivity index is 2.74. The topological polar surface area (TPSA) is 52.6 Å². The second kappa shape index (κ2) is 5.14. The van der Waals surface area contributed by atoms with Crippen LogP contribution in [0.1, 0.15) is 52.4 Å². The molecule has 4 heteroatoms. The van der Waals surface area contributed by atoms with Crippen molar-refractivity contribution in [1.29, 1.82) is 0 Å². The highest BCUT2D eigenvalue weighted by Crippen LogP contribution is 2.38. The lowest BCUT2D eigenvalue weighted by atomic mass is 9.79. The van der Waals surface area contributed by atoms with Crippen LogP contribution in [0.5, 0.6) is 0 Å². The molecule has 0 radical (unpaired) electrons. The van der Waals surface area contributed by atoms with Gasteiger partial charge in [-0.1, -0.05) is 39.5 Å². The Hall–Kier alpha value is -1.06. The summed E-state index contributed by atoms with van der Waals surface area (Å²) in [6.07, 6.45) is 4.67. The number of rotatable bonds is 6. The van der Waals surface area contributed by atoms with Crippen LogP contribution in [0.2, 0.25) is 0 Å². The lowest BCUT2D eigenvalue weighted by Crippen LogP contribution is -2.33. The molecule has 86 valence electrons. The van der Waals surface area contributed by atoms with Crippen LogP contribution in [0.25, 0.3) is 0 Å². The monoisotopic (exact) mass is 214 g/mol. The molecule has 15 heavy (non-hydrogen) atoms. The van der Waals surface area contributed by atoms with E-state index < -0.39 is 17.4 Å². The van der Waals surface area contributed by atoms with E-state index in [4.69, 9.17) is 0 Å². The molecule has 1 heterocycles. The summed E-state index contributed by atoms with van der Waals surface area (Å²) in [6.45, 7) is 4.05. The molecule has 1 fully saturated rings. The maximum absolute atomic E-state index is 11.6. The largest absolute Gasteiger partial charge is 0.372 e. The summed E-state index contributed by atoms with van der Waals surface area (Å²) in [5.74, 6) is -1.01. The Morgan fingerprint density at radius 2 is 1.33 bits per heavy atom. The first-order valence-electron chi connectivity index (χ1n) is 5.60. The van der Waals surface area contributed by atoms with Crippen molar-refractivity contribution in [1.82, 2.24) is 0 Å². The van der Waals surface area contributed by atoms with Gasteiger partial charge in [0, 0.05) is 0 Å². The van der Waals surface area contributed by atoms with E-state index >= 15 is 0 Å². The Labute approximate surface area is 89.9 Å². The van der Waals surface area contributed by atoms with E-state index in [2.05, 4.69) is 9.78 Å². The summed E-state index contributed by atoms with van der Waals surface area (Å²) in [6, 6.07) is 0. The van der Waals surface area contributed by atoms with Gasteiger partial charge in [-0.05, 0) is 12.8 Å². The molecule has 0 aromatic carbocycles. The molecule has 0 bridgehead atoms. The highest BCUT2D eigenvalue weighted by atomic mass is 17.2. The molecule has 4 nitrogen and oxygen atoms in total. The fourth-order valence-corrected chi connectivity index (χ4v) is 1.81. The average Bonchev–Trinajstić information content (AvgIpc) is 2.51. The van der Waals surface area contributed by atoms with Crippen LogP contribution in [-0.4, -0.2) is 11.9 Å². The zero-order valence-corrected chi connectivity index (χ0v) is 9.38. The maximum Gasteiger partial charge on any atom is 0.372 e. The summed E-state index contributed by atoms with van der Waals surface area (Å²) >= 11 is 0.